The molecule has 1 saturated heterocycles. The van der Waals surface area contributed by atoms with E-state index in [0.29, 0.717) is 6.54 Å². The summed E-state index contributed by atoms with van der Waals surface area (Å²) in [6, 6.07) is 9.46. The summed E-state index contributed by atoms with van der Waals surface area (Å²) in [7, 11) is 1.96. The van der Waals surface area contributed by atoms with Gasteiger partial charge in [-0.2, -0.15) is 0 Å². The molecule has 2 rings (SSSR count). The third kappa shape index (κ3) is 1.75. The second-order valence-corrected chi connectivity index (χ2v) is 4.83. The first-order valence-electron chi connectivity index (χ1n) is 5.69. The van der Waals surface area contributed by atoms with Crippen LogP contribution in [0.25, 0.3) is 0 Å². The first-order chi connectivity index (χ1) is 7.55. The number of aliphatic hydroxyl groups excluding tert-OH is 1. The van der Waals surface area contributed by atoms with E-state index < -0.39 is 11.7 Å². The molecule has 1 unspecified atom stereocenters. The lowest BCUT2D eigenvalue weighted by atomic mass is 9.75. The Balaban J connectivity index is 2.36. The minimum Gasteiger partial charge on any atom is -0.388 e. The zero-order chi connectivity index (χ0) is 11.8. The molecule has 16 heavy (non-hydrogen) atoms. The van der Waals surface area contributed by atoms with Crippen molar-refractivity contribution in [3.05, 3.63) is 35.9 Å². The van der Waals surface area contributed by atoms with E-state index in [9.17, 15) is 10.2 Å². The maximum Gasteiger partial charge on any atom is 0.120 e. The van der Waals surface area contributed by atoms with Gasteiger partial charge in [-0.25, -0.2) is 0 Å². The van der Waals surface area contributed by atoms with Crippen LogP contribution in [0.2, 0.25) is 0 Å². The zero-order valence-electron chi connectivity index (χ0n) is 9.80. The lowest BCUT2D eigenvalue weighted by Crippen LogP contribution is -2.57. The summed E-state index contributed by atoms with van der Waals surface area (Å²) in [4.78, 5) is 2.05. The molecule has 88 valence electrons. The van der Waals surface area contributed by atoms with E-state index in [1.54, 1.807) is 0 Å². The Labute approximate surface area is 96.3 Å². The van der Waals surface area contributed by atoms with Crippen LogP contribution < -0.4 is 0 Å². The molecule has 0 amide bonds. The Morgan fingerprint density at radius 2 is 1.88 bits per heavy atom. The molecule has 1 aliphatic rings. The summed E-state index contributed by atoms with van der Waals surface area (Å²) in [5, 5.41) is 20.9. The molecule has 0 aliphatic carbocycles. The molecule has 3 atom stereocenters. The molecule has 1 aliphatic heterocycles. The predicted octanol–water partition coefficient (Wildman–Crippen LogP) is 0.817. The van der Waals surface area contributed by atoms with E-state index in [-0.39, 0.29) is 5.92 Å². The van der Waals surface area contributed by atoms with Crippen molar-refractivity contribution in [2.24, 2.45) is 5.92 Å². The Bertz CT molecular complexity index is 340. The molecule has 1 fully saturated rings. The summed E-state index contributed by atoms with van der Waals surface area (Å²) in [5.74, 6) is 0.0173. The first-order valence-corrected chi connectivity index (χ1v) is 5.69. The standard InChI is InChI=1S/C13H19NO2/c1-10-8-14(2)9-12(15)13(10,16)11-6-4-3-5-7-11/h3-7,10,12,15-16H,8-9H2,1-2H3/t10?,12-,13-/m1/s1. The van der Waals surface area contributed by atoms with Gasteiger partial charge in [-0.1, -0.05) is 37.3 Å². The number of piperidine rings is 1. The monoisotopic (exact) mass is 221 g/mol. The van der Waals surface area contributed by atoms with Crippen LogP contribution in [-0.4, -0.2) is 41.4 Å². The molecule has 0 aromatic heterocycles. The van der Waals surface area contributed by atoms with Gasteiger partial charge in [-0.3, -0.25) is 0 Å². The van der Waals surface area contributed by atoms with E-state index in [2.05, 4.69) is 0 Å². The second-order valence-electron chi connectivity index (χ2n) is 4.83. The molecule has 3 heteroatoms. The molecule has 3 nitrogen and oxygen atoms in total. The lowest BCUT2D eigenvalue weighted by Gasteiger charge is -2.45. The van der Waals surface area contributed by atoms with Crippen LogP contribution in [0.5, 0.6) is 0 Å². The molecule has 2 N–H and O–H groups in total. The Morgan fingerprint density at radius 1 is 1.25 bits per heavy atom. The van der Waals surface area contributed by atoms with Crippen molar-refractivity contribution in [3.63, 3.8) is 0 Å². The van der Waals surface area contributed by atoms with Crippen LogP contribution in [0.15, 0.2) is 30.3 Å². The van der Waals surface area contributed by atoms with Gasteiger partial charge >= 0.3 is 0 Å². The summed E-state index contributed by atoms with van der Waals surface area (Å²) in [6.07, 6.45) is -0.733. The number of hydrogen-bond acceptors (Lipinski definition) is 3. The Hall–Kier alpha value is -0.900. The summed E-state index contributed by atoms with van der Waals surface area (Å²) in [6.45, 7) is 3.28. The van der Waals surface area contributed by atoms with Crippen LogP contribution in [0.4, 0.5) is 0 Å². The Morgan fingerprint density at radius 3 is 2.44 bits per heavy atom. The van der Waals surface area contributed by atoms with Crippen LogP contribution in [0, 0.1) is 5.92 Å². The highest BCUT2D eigenvalue weighted by atomic mass is 16.3. The van der Waals surface area contributed by atoms with Crippen molar-refractivity contribution < 1.29 is 10.2 Å². The number of hydrogen-bond donors (Lipinski definition) is 2. The van der Waals surface area contributed by atoms with Crippen LogP contribution in [0.1, 0.15) is 12.5 Å². The Kier molecular flexibility index (Phi) is 3.02. The smallest absolute Gasteiger partial charge is 0.120 e. The number of β-amino-alcohol motifs (C(OH)–C–C–N with tert-alkyl or cyclic N) is 1. The van der Waals surface area contributed by atoms with Crippen molar-refractivity contribution >= 4 is 0 Å². The van der Waals surface area contributed by atoms with Crippen molar-refractivity contribution in [1.29, 1.82) is 0 Å². The summed E-state index contributed by atoms with van der Waals surface area (Å²) in [5.41, 5.74) is -0.309. The number of likely N-dealkylation sites (tertiary alicyclic amines) is 1. The van der Waals surface area contributed by atoms with E-state index >= 15 is 0 Å². The maximum absolute atomic E-state index is 10.7. The van der Waals surface area contributed by atoms with E-state index in [0.717, 1.165) is 12.1 Å². The molecule has 0 spiro atoms. The van der Waals surface area contributed by atoms with Crippen molar-refractivity contribution in [2.45, 2.75) is 18.6 Å². The molecule has 1 heterocycles. The number of nitrogens with zero attached hydrogens (tertiary/aromatic N) is 1. The van der Waals surface area contributed by atoms with E-state index in [1.165, 1.54) is 0 Å². The lowest BCUT2D eigenvalue weighted by molar-refractivity contribution is -0.153. The number of benzene rings is 1. The van der Waals surface area contributed by atoms with Crippen molar-refractivity contribution in [2.75, 3.05) is 20.1 Å². The van der Waals surface area contributed by atoms with Gasteiger partial charge < -0.3 is 15.1 Å². The molecule has 1 aromatic carbocycles. The SMILES string of the molecule is CC1CN(C)C[C@@H](O)[C@]1(O)c1ccccc1. The fourth-order valence-electron chi connectivity index (χ4n) is 2.63. The van der Waals surface area contributed by atoms with Gasteiger partial charge in [0.15, 0.2) is 0 Å². The van der Waals surface area contributed by atoms with Gasteiger partial charge in [-0.15, -0.1) is 0 Å². The number of rotatable bonds is 1. The van der Waals surface area contributed by atoms with Gasteiger partial charge in [0.2, 0.25) is 0 Å². The minimum absolute atomic E-state index is 0.0173. The van der Waals surface area contributed by atoms with Crippen molar-refractivity contribution in [1.82, 2.24) is 4.90 Å². The third-order valence-electron chi connectivity index (χ3n) is 3.57. The molecule has 0 radical (unpaired) electrons. The topological polar surface area (TPSA) is 43.7 Å². The predicted molar refractivity (Wildman–Crippen MR) is 63.0 cm³/mol. The highest BCUT2D eigenvalue weighted by molar-refractivity contribution is 5.26. The number of aliphatic hydroxyl groups is 2. The summed E-state index contributed by atoms with van der Waals surface area (Å²) < 4.78 is 0. The van der Waals surface area contributed by atoms with E-state index in [4.69, 9.17) is 0 Å². The molecule has 0 saturated carbocycles. The zero-order valence-corrected chi connectivity index (χ0v) is 9.80. The molecule has 0 bridgehead atoms. The number of likely N-dealkylation sites (N-methyl/N-ethyl adjacent to an activating group) is 1. The molecular weight excluding hydrogens is 202 g/mol. The summed E-state index contributed by atoms with van der Waals surface area (Å²) >= 11 is 0. The fourth-order valence-corrected chi connectivity index (χ4v) is 2.63. The van der Waals surface area contributed by atoms with Gasteiger partial charge in [0.05, 0.1) is 6.10 Å². The second kappa shape index (κ2) is 4.17. The average molecular weight is 221 g/mol. The maximum atomic E-state index is 10.7. The van der Waals surface area contributed by atoms with Gasteiger partial charge in [0, 0.05) is 19.0 Å². The highest BCUT2D eigenvalue weighted by Crippen LogP contribution is 2.36. The van der Waals surface area contributed by atoms with Crippen LogP contribution in [-0.2, 0) is 5.60 Å². The van der Waals surface area contributed by atoms with E-state index in [1.807, 2.05) is 49.2 Å². The minimum atomic E-state index is -1.12. The average Bonchev–Trinajstić information content (AvgIpc) is 2.27. The fraction of sp³-hybridized carbons (Fsp3) is 0.538. The molecular formula is C13H19NO2. The van der Waals surface area contributed by atoms with Crippen LogP contribution in [0.3, 0.4) is 0 Å². The first kappa shape index (κ1) is 11.6. The molecule has 1 aromatic rings. The highest BCUT2D eigenvalue weighted by Gasteiger charge is 2.46. The van der Waals surface area contributed by atoms with Gasteiger partial charge in [-0.05, 0) is 12.6 Å². The van der Waals surface area contributed by atoms with Crippen LogP contribution >= 0.6 is 0 Å². The normalized spacial score (nSPS) is 36.2. The quantitative estimate of drug-likeness (QED) is 0.738. The third-order valence-corrected chi connectivity index (χ3v) is 3.57. The van der Waals surface area contributed by atoms with Gasteiger partial charge in [0.1, 0.15) is 5.60 Å². The largest absolute Gasteiger partial charge is 0.388 e. The van der Waals surface area contributed by atoms with Gasteiger partial charge in [0.25, 0.3) is 0 Å². The van der Waals surface area contributed by atoms with Crippen molar-refractivity contribution in [3.8, 4) is 0 Å².